The highest BCUT2D eigenvalue weighted by molar-refractivity contribution is 7.98. The van der Waals surface area contributed by atoms with Gasteiger partial charge in [-0.15, -0.1) is 0 Å². The minimum atomic E-state index is -4.38. The van der Waals surface area contributed by atoms with Crippen LogP contribution >= 0.6 is 11.9 Å². The number of hydrogen-bond acceptors (Lipinski definition) is 4. The maximum absolute atomic E-state index is 12.8. The Hall–Kier alpha value is -2.15. The number of alkyl halides is 3. The van der Waals surface area contributed by atoms with Crippen molar-refractivity contribution in [2.75, 3.05) is 18.8 Å². The normalized spacial score (nSPS) is 20.0. The molecule has 2 heterocycles. The highest BCUT2D eigenvalue weighted by Gasteiger charge is 2.31. The summed E-state index contributed by atoms with van der Waals surface area (Å²) in [5.41, 5.74) is 0.448. The number of benzene rings is 2. The number of piperidine rings is 1. The van der Waals surface area contributed by atoms with E-state index in [4.69, 9.17) is 4.74 Å². The van der Waals surface area contributed by atoms with Gasteiger partial charge in [-0.3, -0.25) is 0 Å². The lowest BCUT2D eigenvalue weighted by Gasteiger charge is -2.37. The molecule has 1 unspecified atom stereocenters. The van der Waals surface area contributed by atoms with Gasteiger partial charge in [-0.25, -0.2) is 4.40 Å². The second-order valence-corrected chi connectivity index (χ2v) is 7.51. The van der Waals surface area contributed by atoms with E-state index in [9.17, 15) is 13.2 Å². The number of nitrogens with zero attached hydrogens (tertiary/aromatic N) is 2. The number of halogens is 3. The van der Waals surface area contributed by atoms with E-state index in [0.717, 1.165) is 55.2 Å². The molecule has 0 spiro atoms. The van der Waals surface area contributed by atoms with Crippen LogP contribution in [0.15, 0.2) is 52.9 Å². The van der Waals surface area contributed by atoms with Gasteiger partial charge in [-0.2, -0.15) is 13.2 Å². The van der Waals surface area contributed by atoms with E-state index >= 15 is 0 Å². The van der Waals surface area contributed by atoms with E-state index < -0.39 is 11.7 Å². The molecule has 0 saturated carbocycles. The quantitative estimate of drug-likeness (QED) is 0.623. The Morgan fingerprint density at radius 2 is 1.85 bits per heavy atom. The Balaban J connectivity index is 1.50. The molecule has 2 aliphatic heterocycles. The summed E-state index contributed by atoms with van der Waals surface area (Å²) in [6, 6.07) is 12.5. The van der Waals surface area contributed by atoms with E-state index in [1.54, 1.807) is 11.9 Å². The van der Waals surface area contributed by atoms with Gasteiger partial charge in [0.05, 0.1) is 5.56 Å². The zero-order valence-corrected chi connectivity index (χ0v) is 15.4. The third-order valence-corrected chi connectivity index (χ3v) is 5.53. The van der Waals surface area contributed by atoms with Crippen molar-refractivity contribution in [2.24, 2.45) is 4.40 Å². The van der Waals surface area contributed by atoms with Crippen LogP contribution in [0.1, 0.15) is 29.9 Å². The molecule has 0 bridgehead atoms. The number of amidine groups is 1. The predicted octanol–water partition coefficient (Wildman–Crippen LogP) is 5.74. The summed E-state index contributed by atoms with van der Waals surface area (Å²) < 4.78 is 48.8. The summed E-state index contributed by atoms with van der Waals surface area (Å²) in [5, 5.41) is 0. The largest absolute Gasteiger partial charge is 0.457 e. The van der Waals surface area contributed by atoms with Gasteiger partial charge in [0, 0.05) is 24.8 Å². The average Bonchev–Trinajstić information content (AvgIpc) is 2.68. The topological polar surface area (TPSA) is 24.8 Å². The molecular formula is C20H19F3N2OS. The van der Waals surface area contributed by atoms with E-state index in [1.165, 1.54) is 12.1 Å². The van der Waals surface area contributed by atoms with E-state index in [0.29, 0.717) is 5.75 Å². The number of rotatable bonds is 3. The molecule has 1 atom stereocenters. The molecule has 0 N–H and O–H groups in total. The first kappa shape index (κ1) is 18.2. The van der Waals surface area contributed by atoms with Gasteiger partial charge in [0.25, 0.3) is 0 Å². The van der Waals surface area contributed by atoms with Crippen molar-refractivity contribution in [3.05, 3.63) is 59.7 Å². The van der Waals surface area contributed by atoms with Crippen molar-refractivity contribution in [1.29, 1.82) is 0 Å². The van der Waals surface area contributed by atoms with Crippen molar-refractivity contribution in [1.82, 2.24) is 4.90 Å². The van der Waals surface area contributed by atoms with E-state index in [1.807, 2.05) is 24.3 Å². The highest BCUT2D eigenvalue weighted by atomic mass is 32.2. The van der Waals surface area contributed by atoms with Gasteiger partial charge in [0.2, 0.25) is 0 Å². The van der Waals surface area contributed by atoms with Crippen LogP contribution in [0.5, 0.6) is 11.5 Å². The van der Waals surface area contributed by atoms with E-state index in [2.05, 4.69) is 9.30 Å². The summed E-state index contributed by atoms with van der Waals surface area (Å²) in [4.78, 5) is 2.36. The molecule has 2 aromatic rings. The van der Waals surface area contributed by atoms with E-state index in [-0.39, 0.29) is 11.7 Å². The van der Waals surface area contributed by atoms with Gasteiger partial charge in [-0.1, -0.05) is 18.2 Å². The Bertz CT molecular complexity index is 836. The summed E-state index contributed by atoms with van der Waals surface area (Å²) >= 11 is 1.62. The third kappa shape index (κ3) is 4.08. The van der Waals surface area contributed by atoms with Gasteiger partial charge in [-0.05, 0) is 60.7 Å². The van der Waals surface area contributed by atoms with Crippen LogP contribution in [0.2, 0.25) is 0 Å². The van der Waals surface area contributed by atoms with Gasteiger partial charge in [0.15, 0.2) is 0 Å². The Labute approximate surface area is 160 Å². The molecule has 1 fully saturated rings. The van der Waals surface area contributed by atoms with Crippen LogP contribution in [-0.2, 0) is 6.18 Å². The standard InChI is InChI=1S/C20H19F3N2OS/c21-20(22,23)15-3-1-4-17(13-15)26-16-8-6-14(7-9-16)18-5-2-10-25-11-12-27-24-19(18)25/h1,3-4,6-9,13,18H,2,5,10-12H2. The number of hydrogen-bond donors (Lipinski definition) is 0. The first-order valence-electron chi connectivity index (χ1n) is 8.90. The zero-order valence-electron chi connectivity index (χ0n) is 14.6. The summed E-state index contributed by atoms with van der Waals surface area (Å²) in [7, 11) is 0. The lowest BCUT2D eigenvalue weighted by atomic mass is 9.89. The van der Waals surface area contributed by atoms with Gasteiger partial charge >= 0.3 is 6.18 Å². The number of fused-ring (bicyclic) bond motifs is 1. The summed E-state index contributed by atoms with van der Waals surface area (Å²) in [5.74, 6) is 3.14. The number of ether oxygens (including phenoxy) is 1. The molecule has 142 valence electrons. The van der Waals surface area contributed by atoms with Crippen molar-refractivity contribution in [2.45, 2.75) is 24.9 Å². The molecule has 0 amide bonds. The Morgan fingerprint density at radius 3 is 2.63 bits per heavy atom. The smallest absolute Gasteiger partial charge is 0.416 e. The molecule has 0 aliphatic carbocycles. The lowest BCUT2D eigenvalue weighted by molar-refractivity contribution is -0.137. The predicted molar refractivity (Wildman–Crippen MR) is 101 cm³/mol. The molecule has 1 saturated heterocycles. The Kier molecular flexibility index (Phi) is 5.04. The third-order valence-electron chi connectivity index (χ3n) is 4.85. The summed E-state index contributed by atoms with van der Waals surface area (Å²) in [6.07, 6.45) is -2.19. The van der Waals surface area contributed by atoms with Crippen LogP contribution < -0.4 is 4.74 Å². The van der Waals surface area contributed by atoms with Crippen molar-refractivity contribution >= 4 is 17.8 Å². The maximum atomic E-state index is 12.8. The monoisotopic (exact) mass is 392 g/mol. The van der Waals surface area contributed by atoms with Gasteiger partial charge in [0.1, 0.15) is 17.3 Å². The average molecular weight is 392 g/mol. The van der Waals surface area contributed by atoms with Crippen LogP contribution in [0, 0.1) is 0 Å². The zero-order chi connectivity index (χ0) is 18.9. The van der Waals surface area contributed by atoms with Crippen LogP contribution in [0.3, 0.4) is 0 Å². The minimum Gasteiger partial charge on any atom is -0.457 e. The lowest BCUT2D eigenvalue weighted by Crippen LogP contribution is -2.42. The molecule has 2 aromatic carbocycles. The summed E-state index contributed by atoms with van der Waals surface area (Å²) in [6.45, 7) is 2.10. The molecular weight excluding hydrogens is 373 g/mol. The fourth-order valence-corrected chi connectivity index (χ4v) is 4.29. The van der Waals surface area contributed by atoms with Gasteiger partial charge < -0.3 is 9.64 Å². The van der Waals surface area contributed by atoms with Crippen molar-refractivity contribution in [3.8, 4) is 11.5 Å². The van der Waals surface area contributed by atoms with Crippen LogP contribution in [0.4, 0.5) is 13.2 Å². The second-order valence-electron chi connectivity index (χ2n) is 6.66. The molecule has 3 nitrogen and oxygen atoms in total. The van der Waals surface area contributed by atoms with Crippen molar-refractivity contribution < 1.29 is 17.9 Å². The van der Waals surface area contributed by atoms with Crippen LogP contribution in [-0.4, -0.2) is 29.6 Å². The molecule has 0 radical (unpaired) electrons. The molecule has 7 heteroatoms. The molecule has 0 aromatic heterocycles. The Morgan fingerprint density at radius 1 is 1.04 bits per heavy atom. The molecule has 4 rings (SSSR count). The first-order valence-corrected chi connectivity index (χ1v) is 9.85. The fraction of sp³-hybridized carbons (Fsp3) is 0.350. The van der Waals surface area contributed by atoms with Crippen LogP contribution in [0.25, 0.3) is 0 Å². The molecule has 2 aliphatic rings. The fourth-order valence-electron chi connectivity index (χ4n) is 3.52. The van der Waals surface area contributed by atoms with Crippen molar-refractivity contribution in [3.63, 3.8) is 0 Å². The molecule has 27 heavy (non-hydrogen) atoms. The first-order chi connectivity index (χ1) is 13.0. The maximum Gasteiger partial charge on any atom is 0.416 e. The second kappa shape index (κ2) is 7.46. The highest BCUT2D eigenvalue weighted by Crippen LogP contribution is 2.35. The minimum absolute atomic E-state index is 0.175. The SMILES string of the molecule is FC(F)(F)c1cccc(Oc2ccc(C3CCCN4CCSN=C34)cc2)c1.